The molecule has 2 aromatic rings. The second-order valence-electron chi connectivity index (χ2n) is 5.88. The number of likely N-dealkylation sites (tertiary alicyclic amines) is 1. The number of carbonyl (C=O) groups excluding carboxylic acids is 1. The molecular formula is C18H19N3O4. The largest absolute Gasteiger partial charge is 0.489 e. The summed E-state index contributed by atoms with van der Waals surface area (Å²) >= 11 is 0. The molecule has 1 aliphatic heterocycles. The molecule has 1 aromatic carbocycles. The van der Waals surface area contributed by atoms with Crippen molar-refractivity contribution in [2.75, 3.05) is 19.7 Å². The van der Waals surface area contributed by atoms with Crippen molar-refractivity contribution in [1.29, 1.82) is 0 Å². The van der Waals surface area contributed by atoms with Crippen LogP contribution in [0.2, 0.25) is 0 Å². The van der Waals surface area contributed by atoms with Gasteiger partial charge in [0.2, 0.25) is 0 Å². The molecule has 0 bridgehead atoms. The van der Waals surface area contributed by atoms with Crippen LogP contribution in [-0.4, -0.2) is 40.5 Å². The van der Waals surface area contributed by atoms with Gasteiger partial charge >= 0.3 is 5.69 Å². The third kappa shape index (κ3) is 3.71. The number of hydrogen-bond acceptors (Lipinski definition) is 4. The number of ether oxygens (including phenoxy) is 1. The fourth-order valence-corrected chi connectivity index (χ4v) is 2.99. The number of amides is 1. The lowest BCUT2D eigenvalue weighted by Gasteiger charge is -2.18. The Kier molecular flexibility index (Phi) is 4.83. The average molecular weight is 341 g/mol. The molecule has 1 saturated heterocycles. The zero-order chi connectivity index (χ0) is 17.8. The van der Waals surface area contributed by atoms with Crippen molar-refractivity contribution in [3.05, 3.63) is 75.1 Å². The molecule has 0 saturated carbocycles. The Morgan fingerprint density at radius 1 is 1.32 bits per heavy atom. The predicted molar refractivity (Wildman–Crippen MR) is 93.1 cm³/mol. The smallest absolute Gasteiger partial charge is 0.325 e. The van der Waals surface area contributed by atoms with E-state index in [-0.39, 0.29) is 11.8 Å². The molecule has 7 nitrogen and oxygen atoms in total. The fourth-order valence-electron chi connectivity index (χ4n) is 2.99. The van der Waals surface area contributed by atoms with Gasteiger partial charge in [0, 0.05) is 30.8 Å². The maximum absolute atomic E-state index is 12.8. The van der Waals surface area contributed by atoms with Crippen molar-refractivity contribution < 1.29 is 9.53 Å². The Bertz CT molecular complexity index is 871. The molecule has 1 atom stereocenters. The van der Waals surface area contributed by atoms with E-state index < -0.39 is 11.2 Å². The van der Waals surface area contributed by atoms with E-state index in [1.807, 2.05) is 6.07 Å². The first kappa shape index (κ1) is 16.8. The molecule has 2 heterocycles. The molecule has 7 heteroatoms. The van der Waals surface area contributed by atoms with Crippen molar-refractivity contribution in [2.45, 2.75) is 12.3 Å². The zero-order valence-electron chi connectivity index (χ0n) is 13.7. The Balaban J connectivity index is 1.78. The van der Waals surface area contributed by atoms with Crippen molar-refractivity contribution in [1.82, 2.24) is 14.9 Å². The minimum Gasteiger partial charge on any atom is -0.489 e. The van der Waals surface area contributed by atoms with E-state index in [0.29, 0.717) is 43.1 Å². The molecular weight excluding hydrogens is 322 g/mol. The van der Waals surface area contributed by atoms with E-state index >= 15 is 0 Å². The summed E-state index contributed by atoms with van der Waals surface area (Å²) in [5.41, 5.74) is 0.0757. The third-order valence-electron chi connectivity index (χ3n) is 4.17. The monoisotopic (exact) mass is 341 g/mol. The van der Waals surface area contributed by atoms with Gasteiger partial charge < -0.3 is 14.6 Å². The van der Waals surface area contributed by atoms with Crippen molar-refractivity contribution in [2.24, 2.45) is 0 Å². The van der Waals surface area contributed by atoms with E-state index in [4.69, 9.17) is 4.74 Å². The summed E-state index contributed by atoms with van der Waals surface area (Å²) in [7, 11) is 0. The molecule has 0 radical (unpaired) electrons. The van der Waals surface area contributed by atoms with Gasteiger partial charge in [-0.1, -0.05) is 24.8 Å². The Morgan fingerprint density at radius 3 is 2.88 bits per heavy atom. The maximum Gasteiger partial charge on any atom is 0.325 e. The molecule has 3 rings (SSSR count). The fraction of sp³-hybridized carbons (Fsp3) is 0.278. The second-order valence-corrected chi connectivity index (χ2v) is 5.88. The summed E-state index contributed by atoms with van der Waals surface area (Å²) in [6, 6.07) is 8.45. The van der Waals surface area contributed by atoms with Gasteiger partial charge in [0.25, 0.3) is 11.5 Å². The van der Waals surface area contributed by atoms with Crippen molar-refractivity contribution in [3.63, 3.8) is 0 Å². The van der Waals surface area contributed by atoms with Gasteiger partial charge in [-0.05, 0) is 18.6 Å². The topological polar surface area (TPSA) is 95.3 Å². The van der Waals surface area contributed by atoms with E-state index in [2.05, 4.69) is 16.5 Å². The number of nitrogens with zero attached hydrogens (tertiary/aromatic N) is 1. The van der Waals surface area contributed by atoms with Crippen molar-refractivity contribution >= 4 is 5.91 Å². The first-order chi connectivity index (χ1) is 12.1. The lowest BCUT2D eigenvalue weighted by molar-refractivity contribution is 0.0786. The lowest BCUT2D eigenvalue weighted by atomic mass is 10.1. The molecule has 1 aliphatic rings. The standard InChI is InChI=1S/C18H19N3O4/c1-2-9-25-15-6-4-3-5-13(15)17(23)21-8-7-12(11-21)14-10-16(22)20-18(24)19-14/h2-6,10,12H,1,7-9,11H2,(H2,19,20,22,24). The predicted octanol–water partition coefficient (Wildman–Crippen LogP) is 1.26. The second kappa shape index (κ2) is 7.21. The van der Waals surface area contributed by atoms with Crippen LogP contribution in [0.15, 0.2) is 52.6 Å². The van der Waals surface area contributed by atoms with E-state index in [9.17, 15) is 14.4 Å². The van der Waals surface area contributed by atoms with Crippen LogP contribution in [0.25, 0.3) is 0 Å². The van der Waals surface area contributed by atoms with Crippen LogP contribution in [0.4, 0.5) is 0 Å². The number of aromatic nitrogens is 2. The van der Waals surface area contributed by atoms with E-state index in [0.717, 1.165) is 0 Å². The van der Waals surface area contributed by atoms with Gasteiger partial charge in [-0.25, -0.2) is 4.79 Å². The SMILES string of the molecule is C=CCOc1ccccc1C(=O)N1CCC(c2cc(=O)[nH]c(=O)[nH]2)C1. The molecule has 1 amide bonds. The maximum atomic E-state index is 12.8. The third-order valence-corrected chi connectivity index (χ3v) is 4.17. The number of nitrogens with one attached hydrogen (secondary N) is 2. The van der Waals surface area contributed by atoms with Crippen LogP contribution in [0.1, 0.15) is 28.4 Å². The quantitative estimate of drug-likeness (QED) is 0.800. The Labute approximate surface area is 144 Å². The van der Waals surface area contributed by atoms with E-state index in [1.54, 1.807) is 29.2 Å². The molecule has 0 aliphatic carbocycles. The number of hydrogen-bond donors (Lipinski definition) is 2. The van der Waals surface area contributed by atoms with Crippen LogP contribution >= 0.6 is 0 Å². The van der Waals surface area contributed by atoms with Crippen LogP contribution in [0, 0.1) is 0 Å². The number of carbonyl (C=O) groups is 1. The highest BCUT2D eigenvalue weighted by Crippen LogP contribution is 2.28. The van der Waals surface area contributed by atoms with Gasteiger partial charge in [-0.2, -0.15) is 0 Å². The average Bonchev–Trinajstić information content (AvgIpc) is 3.09. The molecule has 1 aromatic heterocycles. The summed E-state index contributed by atoms with van der Waals surface area (Å²) in [6.45, 7) is 4.92. The molecule has 0 spiro atoms. The highest BCUT2D eigenvalue weighted by Gasteiger charge is 2.30. The van der Waals surface area contributed by atoms with Gasteiger partial charge in [0.15, 0.2) is 0 Å². The first-order valence-corrected chi connectivity index (χ1v) is 8.04. The van der Waals surface area contributed by atoms with Crippen molar-refractivity contribution in [3.8, 4) is 5.75 Å². The molecule has 25 heavy (non-hydrogen) atoms. The molecule has 1 unspecified atom stereocenters. The number of benzene rings is 1. The van der Waals surface area contributed by atoms with Crippen LogP contribution in [0.3, 0.4) is 0 Å². The van der Waals surface area contributed by atoms with Crippen LogP contribution in [-0.2, 0) is 0 Å². The first-order valence-electron chi connectivity index (χ1n) is 8.04. The highest BCUT2D eigenvalue weighted by molar-refractivity contribution is 5.97. The Hall–Kier alpha value is -3.09. The summed E-state index contributed by atoms with van der Waals surface area (Å²) < 4.78 is 5.55. The van der Waals surface area contributed by atoms with Crippen LogP contribution in [0.5, 0.6) is 5.75 Å². The molecule has 2 N–H and O–H groups in total. The summed E-state index contributed by atoms with van der Waals surface area (Å²) in [6.07, 6.45) is 2.30. The summed E-state index contributed by atoms with van der Waals surface area (Å²) in [5, 5.41) is 0. The lowest BCUT2D eigenvalue weighted by Crippen LogP contribution is -2.30. The summed E-state index contributed by atoms with van der Waals surface area (Å²) in [5.74, 6) is 0.315. The number of para-hydroxylation sites is 1. The van der Waals surface area contributed by atoms with Gasteiger partial charge in [-0.15, -0.1) is 0 Å². The minimum atomic E-state index is -0.532. The number of H-pyrrole nitrogens is 2. The molecule has 130 valence electrons. The minimum absolute atomic E-state index is 0.0693. The Morgan fingerprint density at radius 2 is 2.12 bits per heavy atom. The van der Waals surface area contributed by atoms with Gasteiger partial charge in [0.1, 0.15) is 12.4 Å². The van der Waals surface area contributed by atoms with Gasteiger partial charge in [-0.3, -0.25) is 14.6 Å². The van der Waals surface area contributed by atoms with Crippen LogP contribution < -0.4 is 16.0 Å². The van der Waals surface area contributed by atoms with E-state index in [1.165, 1.54) is 6.07 Å². The number of rotatable bonds is 5. The zero-order valence-corrected chi connectivity index (χ0v) is 13.7. The van der Waals surface area contributed by atoms with Gasteiger partial charge in [0.05, 0.1) is 5.56 Å². The number of aromatic amines is 2. The molecule has 1 fully saturated rings. The normalized spacial score (nSPS) is 16.6. The summed E-state index contributed by atoms with van der Waals surface area (Å²) in [4.78, 5) is 42.2. The highest BCUT2D eigenvalue weighted by atomic mass is 16.5.